The highest BCUT2D eigenvalue weighted by molar-refractivity contribution is 5.94. The maximum Gasteiger partial charge on any atom is 0.324 e. The molecule has 6 heteroatoms. The number of carbonyl (C=O) groups is 2. The van der Waals surface area contributed by atoms with E-state index in [0.29, 0.717) is 32.3 Å². The van der Waals surface area contributed by atoms with Crippen LogP contribution < -0.4 is 15.0 Å². The monoisotopic (exact) mass is 385 g/mol. The second kappa shape index (κ2) is 8.84. The molecule has 0 bridgehead atoms. The number of fused-ring (bicyclic) bond motifs is 1. The average molecular weight is 386 g/mol. The summed E-state index contributed by atoms with van der Waals surface area (Å²) in [5.41, 5.74) is 0.823. The number of nitrogens with zero attached hydrogens (tertiary/aromatic N) is 2. The lowest BCUT2D eigenvalue weighted by atomic mass is 9.96. The first-order valence-electron chi connectivity index (χ1n) is 10.8. The van der Waals surface area contributed by atoms with Gasteiger partial charge in [-0.1, -0.05) is 37.8 Å². The van der Waals surface area contributed by atoms with E-state index in [0.717, 1.165) is 37.1 Å². The molecule has 0 radical (unpaired) electrons. The predicted molar refractivity (Wildman–Crippen MR) is 109 cm³/mol. The number of anilines is 1. The molecule has 0 spiro atoms. The quantitative estimate of drug-likeness (QED) is 0.792. The fraction of sp³-hybridized carbons (Fsp3) is 0.636. The van der Waals surface area contributed by atoms with Crippen molar-refractivity contribution in [3.05, 3.63) is 24.3 Å². The second-order valence-corrected chi connectivity index (χ2v) is 8.23. The standard InChI is InChI=1S/C22H31N3O3/c26-21(23-18-9-3-1-2-4-10-18)17-8-7-13-24(16-17)22(27)25-14-15-28-20-12-6-5-11-19(20)25/h5-6,11-12,17-18H,1-4,7-10,13-16H2,(H,23,26)/t17-/m1/s1. The number of hydrogen-bond acceptors (Lipinski definition) is 3. The van der Waals surface area contributed by atoms with Crippen molar-refractivity contribution < 1.29 is 14.3 Å². The van der Waals surface area contributed by atoms with E-state index in [1.54, 1.807) is 4.90 Å². The molecule has 3 amide bonds. The van der Waals surface area contributed by atoms with Crippen LogP contribution in [0.5, 0.6) is 5.75 Å². The Hall–Kier alpha value is -2.24. The van der Waals surface area contributed by atoms with Crippen LogP contribution in [0, 0.1) is 5.92 Å². The largest absolute Gasteiger partial charge is 0.490 e. The number of amides is 3. The summed E-state index contributed by atoms with van der Waals surface area (Å²) in [7, 11) is 0. The van der Waals surface area contributed by atoms with Crippen LogP contribution in [0.15, 0.2) is 24.3 Å². The zero-order chi connectivity index (χ0) is 19.3. The average Bonchev–Trinajstić information content (AvgIpc) is 3.01. The Balaban J connectivity index is 1.38. The minimum absolute atomic E-state index is 0.0114. The number of ether oxygens (including phenoxy) is 1. The third-order valence-electron chi connectivity index (χ3n) is 6.22. The van der Waals surface area contributed by atoms with Gasteiger partial charge in [-0.15, -0.1) is 0 Å². The Labute approximate surface area is 167 Å². The first-order valence-corrected chi connectivity index (χ1v) is 10.8. The molecule has 0 unspecified atom stereocenters. The fourth-order valence-corrected chi connectivity index (χ4v) is 4.65. The number of rotatable bonds is 2. The third-order valence-corrected chi connectivity index (χ3v) is 6.22. The molecule has 0 aromatic heterocycles. The summed E-state index contributed by atoms with van der Waals surface area (Å²) in [4.78, 5) is 29.7. The lowest BCUT2D eigenvalue weighted by molar-refractivity contribution is -0.127. The fourth-order valence-electron chi connectivity index (χ4n) is 4.65. The zero-order valence-electron chi connectivity index (χ0n) is 16.6. The molecule has 2 aliphatic heterocycles. The Morgan fingerprint density at radius 3 is 2.57 bits per heavy atom. The van der Waals surface area contributed by atoms with E-state index >= 15 is 0 Å². The van der Waals surface area contributed by atoms with Crippen molar-refractivity contribution >= 4 is 17.6 Å². The van der Waals surface area contributed by atoms with Crippen molar-refractivity contribution in [3.8, 4) is 5.75 Å². The van der Waals surface area contributed by atoms with Crippen LogP contribution in [-0.4, -0.2) is 49.1 Å². The second-order valence-electron chi connectivity index (χ2n) is 8.23. The van der Waals surface area contributed by atoms with E-state index in [-0.39, 0.29) is 17.9 Å². The molecule has 152 valence electrons. The van der Waals surface area contributed by atoms with Crippen LogP contribution in [-0.2, 0) is 4.79 Å². The van der Waals surface area contributed by atoms with Gasteiger partial charge in [0.2, 0.25) is 5.91 Å². The highest BCUT2D eigenvalue weighted by Gasteiger charge is 2.33. The molecular formula is C22H31N3O3. The Kier molecular flexibility index (Phi) is 6.03. The first kappa shape index (κ1) is 19.1. The van der Waals surface area contributed by atoms with Gasteiger partial charge in [-0.3, -0.25) is 9.69 Å². The number of nitrogens with one attached hydrogen (secondary N) is 1. The Bertz CT molecular complexity index is 700. The summed E-state index contributed by atoms with van der Waals surface area (Å²) in [6.45, 7) is 2.27. The maximum absolute atomic E-state index is 13.2. The van der Waals surface area contributed by atoms with Gasteiger partial charge < -0.3 is 15.0 Å². The summed E-state index contributed by atoms with van der Waals surface area (Å²) in [6, 6.07) is 7.96. The van der Waals surface area contributed by atoms with E-state index < -0.39 is 0 Å². The molecule has 2 heterocycles. The highest BCUT2D eigenvalue weighted by atomic mass is 16.5. The molecule has 1 aromatic rings. The normalized spacial score (nSPS) is 23.4. The predicted octanol–water partition coefficient (Wildman–Crippen LogP) is 3.56. The number of para-hydroxylation sites is 2. The van der Waals surface area contributed by atoms with Crippen molar-refractivity contribution in [2.75, 3.05) is 31.1 Å². The maximum atomic E-state index is 13.2. The minimum atomic E-state index is -0.0998. The van der Waals surface area contributed by atoms with Gasteiger partial charge in [0.25, 0.3) is 0 Å². The molecule has 6 nitrogen and oxygen atoms in total. The summed E-state index contributed by atoms with van der Waals surface area (Å²) < 4.78 is 5.67. The van der Waals surface area contributed by atoms with E-state index in [2.05, 4.69) is 5.32 Å². The van der Waals surface area contributed by atoms with Gasteiger partial charge >= 0.3 is 6.03 Å². The van der Waals surface area contributed by atoms with Crippen molar-refractivity contribution in [1.82, 2.24) is 10.2 Å². The number of benzene rings is 1. The minimum Gasteiger partial charge on any atom is -0.490 e. The van der Waals surface area contributed by atoms with Gasteiger partial charge in [0.1, 0.15) is 12.4 Å². The summed E-state index contributed by atoms with van der Waals surface area (Å²) >= 11 is 0. The van der Waals surface area contributed by atoms with Gasteiger partial charge in [-0.05, 0) is 37.8 Å². The molecule has 1 aromatic carbocycles. The molecule has 1 aliphatic carbocycles. The molecule has 2 fully saturated rings. The van der Waals surface area contributed by atoms with Crippen molar-refractivity contribution in [2.45, 2.75) is 57.4 Å². The summed E-state index contributed by atoms with van der Waals surface area (Å²) in [6.07, 6.45) is 8.88. The lowest BCUT2D eigenvalue weighted by Gasteiger charge is -2.38. The Morgan fingerprint density at radius 1 is 0.964 bits per heavy atom. The smallest absolute Gasteiger partial charge is 0.324 e. The molecule has 1 N–H and O–H groups in total. The topological polar surface area (TPSA) is 61.9 Å². The zero-order valence-corrected chi connectivity index (χ0v) is 16.6. The SMILES string of the molecule is O=C(NC1CCCCCC1)[C@@H]1CCCN(C(=O)N2CCOc3ccccc32)C1. The van der Waals surface area contributed by atoms with Crippen LogP contribution in [0.3, 0.4) is 0 Å². The van der Waals surface area contributed by atoms with E-state index in [1.807, 2.05) is 29.2 Å². The van der Waals surface area contributed by atoms with Gasteiger partial charge in [0, 0.05) is 19.1 Å². The van der Waals surface area contributed by atoms with E-state index in [1.165, 1.54) is 25.7 Å². The van der Waals surface area contributed by atoms with Gasteiger partial charge in [-0.2, -0.15) is 0 Å². The lowest BCUT2D eigenvalue weighted by Crippen LogP contribution is -2.52. The first-order chi connectivity index (χ1) is 13.7. The van der Waals surface area contributed by atoms with Crippen LogP contribution in [0.25, 0.3) is 0 Å². The molecule has 4 rings (SSSR count). The molecule has 3 aliphatic rings. The van der Waals surface area contributed by atoms with Crippen LogP contribution >= 0.6 is 0 Å². The Morgan fingerprint density at radius 2 is 1.75 bits per heavy atom. The van der Waals surface area contributed by atoms with Gasteiger partial charge in [-0.25, -0.2) is 4.79 Å². The van der Waals surface area contributed by atoms with Crippen LogP contribution in [0.1, 0.15) is 51.4 Å². The van der Waals surface area contributed by atoms with E-state index in [9.17, 15) is 9.59 Å². The number of urea groups is 1. The molecular weight excluding hydrogens is 354 g/mol. The van der Waals surface area contributed by atoms with Gasteiger partial charge in [0.15, 0.2) is 0 Å². The van der Waals surface area contributed by atoms with Crippen LogP contribution in [0.2, 0.25) is 0 Å². The number of carbonyl (C=O) groups excluding carboxylic acids is 2. The van der Waals surface area contributed by atoms with Crippen molar-refractivity contribution in [1.29, 1.82) is 0 Å². The molecule has 28 heavy (non-hydrogen) atoms. The third kappa shape index (κ3) is 4.26. The van der Waals surface area contributed by atoms with Crippen molar-refractivity contribution in [3.63, 3.8) is 0 Å². The van der Waals surface area contributed by atoms with Gasteiger partial charge in [0.05, 0.1) is 18.2 Å². The van der Waals surface area contributed by atoms with Crippen molar-refractivity contribution in [2.24, 2.45) is 5.92 Å². The molecule has 1 saturated carbocycles. The number of likely N-dealkylation sites (tertiary alicyclic amines) is 1. The van der Waals surface area contributed by atoms with Crippen LogP contribution in [0.4, 0.5) is 10.5 Å². The molecule has 1 saturated heterocycles. The molecule has 1 atom stereocenters. The number of hydrogen-bond donors (Lipinski definition) is 1. The summed E-state index contributed by atoms with van der Waals surface area (Å²) in [5.74, 6) is 0.783. The highest BCUT2D eigenvalue weighted by Crippen LogP contribution is 2.32. The summed E-state index contributed by atoms with van der Waals surface area (Å²) in [5, 5.41) is 3.27. The van der Waals surface area contributed by atoms with E-state index in [4.69, 9.17) is 4.74 Å². The number of piperidine rings is 1.